The Morgan fingerprint density at radius 3 is 2.44 bits per heavy atom. The van der Waals surface area contributed by atoms with Crippen molar-refractivity contribution in [1.29, 1.82) is 0 Å². The molecule has 8 heteroatoms. The summed E-state index contributed by atoms with van der Waals surface area (Å²) in [6.07, 6.45) is 8.41. The van der Waals surface area contributed by atoms with E-state index in [1.807, 2.05) is 58.9 Å². The second kappa shape index (κ2) is 9.46. The van der Waals surface area contributed by atoms with E-state index in [-0.39, 0.29) is 36.3 Å². The van der Waals surface area contributed by atoms with Crippen molar-refractivity contribution >= 4 is 17.7 Å². The highest BCUT2D eigenvalue weighted by Gasteiger charge is 2.72. The minimum absolute atomic E-state index is 0.0607. The van der Waals surface area contributed by atoms with E-state index in [0.717, 1.165) is 6.42 Å². The maximum Gasteiger partial charge on any atom is 0.249 e. The zero-order chi connectivity index (χ0) is 24.8. The van der Waals surface area contributed by atoms with Gasteiger partial charge in [-0.05, 0) is 32.6 Å². The normalized spacial score (nSPS) is 34.0. The van der Waals surface area contributed by atoms with Crippen molar-refractivity contribution in [1.82, 2.24) is 14.7 Å². The lowest BCUT2D eigenvalue weighted by molar-refractivity contribution is -0.152. The highest BCUT2D eigenvalue weighted by molar-refractivity contribution is 6.00. The number of ether oxygens (including phenoxy) is 1. The van der Waals surface area contributed by atoms with Gasteiger partial charge in [0.2, 0.25) is 17.7 Å². The van der Waals surface area contributed by atoms with Gasteiger partial charge in [0.15, 0.2) is 0 Å². The van der Waals surface area contributed by atoms with Crippen LogP contribution in [0.5, 0.6) is 0 Å². The third-order valence-corrected chi connectivity index (χ3v) is 7.68. The van der Waals surface area contributed by atoms with Gasteiger partial charge in [-0.1, -0.05) is 45.1 Å². The predicted octanol–water partition coefficient (Wildman–Crippen LogP) is 1.59. The molecule has 188 valence electrons. The third-order valence-electron chi connectivity index (χ3n) is 7.68. The molecule has 2 saturated heterocycles. The fourth-order valence-electron chi connectivity index (χ4n) is 6.30. The maximum absolute atomic E-state index is 14.2. The molecule has 0 bridgehead atoms. The monoisotopic (exact) mass is 473 g/mol. The second-order valence-electron chi connectivity index (χ2n) is 10.8. The number of hydrogen-bond acceptors (Lipinski definition) is 5. The van der Waals surface area contributed by atoms with Crippen molar-refractivity contribution in [3.05, 3.63) is 24.3 Å². The average Bonchev–Trinajstić information content (AvgIpc) is 3.10. The summed E-state index contributed by atoms with van der Waals surface area (Å²) < 4.78 is 6.62. The lowest BCUT2D eigenvalue weighted by Crippen LogP contribution is -2.59. The summed E-state index contributed by atoms with van der Waals surface area (Å²) >= 11 is 0. The third kappa shape index (κ3) is 3.79. The molecule has 0 aromatic rings. The fraction of sp³-hybridized carbons (Fsp3) is 0.731. The van der Waals surface area contributed by atoms with Crippen molar-refractivity contribution < 1.29 is 24.2 Å². The molecule has 0 radical (unpaired) electrons. The average molecular weight is 474 g/mol. The molecule has 0 aromatic heterocycles. The van der Waals surface area contributed by atoms with Gasteiger partial charge in [0.1, 0.15) is 11.6 Å². The minimum Gasteiger partial charge on any atom is -0.394 e. The number of aliphatic hydroxyl groups excluding tert-OH is 1. The van der Waals surface area contributed by atoms with E-state index in [2.05, 4.69) is 0 Å². The van der Waals surface area contributed by atoms with Crippen molar-refractivity contribution in [3.63, 3.8) is 0 Å². The molecule has 1 unspecified atom stereocenters. The van der Waals surface area contributed by atoms with Crippen LogP contribution in [-0.2, 0) is 19.1 Å². The summed E-state index contributed by atoms with van der Waals surface area (Å²) in [6.45, 7) is 11.3. The smallest absolute Gasteiger partial charge is 0.249 e. The lowest BCUT2D eigenvalue weighted by Gasteiger charge is -2.39. The number of fused-ring (bicyclic) bond motifs is 2. The Morgan fingerprint density at radius 2 is 1.82 bits per heavy atom. The first-order chi connectivity index (χ1) is 16.2. The van der Waals surface area contributed by atoms with Crippen LogP contribution in [0.2, 0.25) is 0 Å². The highest BCUT2D eigenvalue weighted by atomic mass is 16.5. The van der Waals surface area contributed by atoms with E-state index in [1.54, 1.807) is 14.7 Å². The summed E-state index contributed by atoms with van der Waals surface area (Å²) in [5.74, 6) is -1.81. The van der Waals surface area contributed by atoms with Crippen LogP contribution >= 0.6 is 0 Å². The molecular formula is C26H39N3O5. The molecule has 34 heavy (non-hydrogen) atoms. The Bertz CT molecular complexity index is 884. The molecule has 6 atom stereocenters. The van der Waals surface area contributed by atoms with Gasteiger partial charge in [0.05, 0.1) is 30.6 Å². The maximum atomic E-state index is 14.2. The Morgan fingerprint density at radius 1 is 1.09 bits per heavy atom. The van der Waals surface area contributed by atoms with Crippen LogP contribution in [-0.4, -0.2) is 93.6 Å². The predicted molar refractivity (Wildman–Crippen MR) is 128 cm³/mol. The molecule has 2 fully saturated rings. The summed E-state index contributed by atoms with van der Waals surface area (Å²) in [5.41, 5.74) is -1.23. The van der Waals surface area contributed by atoms with Crippen molar-refractivity contribution in [2.24, 2.45) is 17.8 Å². The molecule has 4 aliphatic heterocycles. The van der Waals surface area contributed by atoms with Gasteiger partial charge >= 0.3 is 0 Å². The van der Waals surface area contributed by atoms with E-state index < -0.39 is 35.6 Å². The Kier molecular flexibility index (Phi) is 6.93. The van der Waals surface area contributed by atoms with Gasteiger partial charge in [0, 0.05) is 25.7 Å². The molecule has 0 aromatic carbocycles. The topological polar surface area (TPSA) is 90.4 Å². The Hall–Kier alpha value is -2.19. The van der Waals surface area contributed by atoms with E-state index in [4.69, 9.17) is 4.74 Å². The molecule has 8 nitrogen and oxygen atoms in total. The van der Waals surface area contributed by atoms with Gasteiger partial charge in [-0.3, -0.25) is 14.4 Å². The molecule has 4 aliphatic rings. The van der Waals surface area contributed by atoms with Crippen LogP contribution in [0.15, 0.2) is 24.3 Å². The first kappa shape index (κ1) is 24.9. The standard InChI is InChI=1S/C26H39N3O5/c1-6-11-27-12-7-9-19-20(23(27)31)21-24(32)29(18(15-30)14-16(2)3)22-25(33)28(17(4)5)13-8-10-26(21,22)34-19/h7-10,16-22,30H,6,11-15H2,1-5H3/t18-,19+,20-,21+,22?,26+/m1/s1. The molecule has 0 aliphatic carbocycles. The number of carbonyl (C=O) groups is 3. The second-order valence-corrected chi connectivity index (χ2v) is 10.8. The number of aliphatic hydroxyl groups is 1. The summed E-state index contributed by atoms with van der Waals surface area (Å²) in [6, 6.07) is -1.49. The van der Waals surface area contributed by atoms with Crippen molar-refractivity contribution in [2.75, 3.05) is 26.2 Å². The van der Waals surface area contributed by atoms with Crippen LogP contribution < -0.4 is 0 Å². The van der Waals surface area contributed by atoms with Crippen LogP contribution in [0.1, 0.15) is 47.5 Å². The molecule has 0 saturated carbocycles. The zero-order valence-corrected chi connectivity index (χ0v) is 21.0. The molecule has 4 rings (SSSR count). The molecule has 3 amide bonds. The number of amides is 3. The first-order valence-electron chi connectivity index (χ1n) is 12.7. The first-order valence-corrected chi connectivity index (χ1v) is 12.7. The molecular weight excluding hydrogens is 434 g/mol. The summed E-state index contributed by atoms with van der Waals surface area (Å²) in [5, 5.41) is 10.3. The van der Waals surface area contributed by atoms with Gasteiger partial charge in [-0.15, -0.1) is 0 Å². The largest absolute Gasteiger partial charge is 0.394 e. The Balaban J connectivity index is 1.85. The van der Waals surface area contributed by atoms with Gasteiger partial charge in [-0.25, -0.2) is 0 Å². The van der Waals surface area contributed by atoms with E-state index in [0.29, 0.717) is 26.1 Å². The summed E-state index contributed by atoms with van der Waals surface area (Å²) in [7, 11) is 0. The highest BCUT2D eigenvalue weighted by Crippen LogP contribution is 2.54. The zero-order valence-electron chi connectivity index (χ0n) is 21.0. The van der Waals surface area contributed by atoms with Crippen molar-refractivity contribution in [2.45, 2.75) is 77.3 Å². The number of rotatable bonds is 7. The fourth-order valence-corrected chi connectivity index (χ4v) is 6.30. The number of carbonyl (C=O) groups excluding carboxylic acids is 3. The van der Waals surface area contributed by atoms with Crippen LogP contribution in [0.3, 0.4) is 0 Å². The van der Waals surface area contributed by atoms with E-state index >= 15 is 0 Å². The van der Waals surface area contributed by atoms with E-state index in [9.17, 15) is 19.5 Å². The quantitative estimate of drug-likeness (QED) is 0.567. The van der Waals surface area contributed by atoms with Gasteiger partial charge < -0.3 is 24.5 Å². The van der Waals surface area contributed by atoms with Crippen molar-refractivity contribution in [3.8, 4) is 0 Å². The number of nitrogens with zero attached hydrogens (tertiary/aromatic N) is 3. The molecule has 1 spiro atoms. The number of likely N-dealkylation sites (tertiary alicyclic amines) is 1. The van der Waals surface area contributed by atoms with Gasteiger partial charge in [-0.2, -0.15) is 0 Å². The number of hydrogen-bond donors (Lipinski definition) is 1. The van der Waals surface area contributed by atoms with Crippen LogP contribution in [0.25, 0.3) is 0 Å². The van der Waals surface area contributed by atoms with Gasteiger partial charge in [0.25, 0.3) is 0 Å². The SMILES string of the molecule is CCCN1CC=C[C@@H]2O[C@]34C=CCN(C(C)C)C(=O)C3N([C@@H](CO)CC(C)C)C(=O)[C@@H]4[C@@H]2C1=O. The molecule has 1 N–H and O–H groups in total. The minimum atomic E-state index is -1.23. The van der Waals surface area contributed by atoms with E-state index in [1.165, 1.54) is 0 Å². The molecule has 4 heterocycles. The summed E-state index contributed by atoms with van der Waals surface area (Å²) in [4.78, 5) is 47.0. The lowest BCUT2D eigenvalue weighted by atomic mass is 9.77. The van der Waals surface area contributed by atoms with Crippen LogP contribution in [0, 0.1) is 17.8 Å². The van der Waals surface area contributed by atoms with Crippen LogP contribution in [0.4, 0.5) is 0 Å². The Labute approximate surface area is 202 Å².